The largest absolute Gasteiger partial charge is 0.371 e. The molecule has 0 fully saturated rings. The molecule has 0 saturated carbocycles. The summed E-state index contributed by atoms with van der Waals surface area (Å²) in [6.07, 6.45) is 0.616. The molecule has 25 heavy (non-hydrogen) atoms. The fourth-order valence-corrected chi connectivity index (χ4v) is 2.95. The Morgan fingerprint density at radius 1 is 1.20 bits per heavy atom. The van der Waals surface area contributed by atoms with E-state index in [0.29, 0.717) is 17.3 Å². The average molecular weight is 359 g/mol. The molecule has 2 amide bonds. The fraction of sp³-hybridized carbons (Fsp3) is 0.263. The number of nitrogens with one attached hydrogen (secondary N) is 2. The number of carbonyl (C=O) groups is 2. The lowest BCUT2D eigenvalue weighted by Gasteiger charge is -2.26. The molecular formula is C19H19ClN2O3. The molecular weight excluding hydrogens is 340 g/mol. The molecule has 1 aliphatic heterocycles. The van der Waals surface area contributed by atoms with E-state index in [9.17, 15) is 9.59 Å². The minimum atomic E-state index is -0.732. The van der Waals surface area contributed by atoms with E-state index < -0.39 is 11.8 Å². The summed E-state index contributed by atoms with van der Waals surface area (Å²) >= 11 is 6.02. The zero-order valence-corrected chi connectivity index (χ0v) is 14.6. The summed E-state index contributed by atoms with van der Waals surface area (Å²) in [7, 11) is 0. The van der Waals surface area contributed by atoms with Gasteiger partial charge in [-0.1, -0.05) is 41.9 Å². The van der Waals surface area contributed by atoms with Crippen LogP contribution in [0.5, 0.6) is 0 Å². The van der Waals surface area contributed by atoms with E-state index in [1.54, 1.807) is 18.2 Å². The van der Waals surface area contributed by atoms with Crippen LogP contribution in [0.3, 0.4) is 0 Å². The highest BCUT2D eigenvalue weighted by atomic mass is 35.5. The van der Waals surface area contributed by atoms with Crippen LogP contribution in [0.2, 0.25) is 5.02 Å². The second-order valence-corrected chi connectivity index (χ2v) is 6.34. The van der Waals surface area contributed by atoms with Crippen molar-refractivity contribution in [3.63, 3.8) is 0 Å². The van der Waals surface area contributed by atoms with Gasteiger partial charge in [-0.2, -0.15) is 0 Å². The Labute approximate surface area is 151 Å². The predicted octanol–water partition coefficient (Wildman–Crippen LogP) is 3.02. The van der Waals surface area contributed by atoms with Crippen LogP contribution in [0.25, 0.3) is 0 Å². The number of halogens is 1. The number of hydrogen-bond acceptors (Lipinski definition) is 3. The number of benzene rings is 2. The maximum Gasteiger partial charge on any atom is 0.313 e. The highest BCUT2D eigenvalue weighted by Crippen LogP contribution is 2.26. The van der Waals surface area contributed by atoms with Gasteiger partial charge in [0, 0.05) is 17.3 Å². The second-order valence-electron chi connectivity index (χ2n) is 5.94. The highest BCUT2D eigenvalue weighted by molar-refractivity contribution is 6.39. The molecule has 1 aliphatic rings. The van der Waals surface area contributed by atoms with Crippen molar-refractivity contribution in [2.24, 2.45) is 0 Å². The number of aryl methyl sites for hydroxylation is 1. The predicted molar refractivity (Wildman–Crippen MR) is 96.7 cm³/mol. The monoisotopic (exact) mass is 358 g/mol. The average Bonchev–Trinajstić information content (AvgIpc) is 2.62. The molecule has 2 aromatic rings. The summed E-state index contributed by atoms with van der Waals surface area (Å²) in [5.74, 6) is -1.44. The summed E-state index contributed by atoms with van der Waals surface area (Å²) < 4.78 is 5.72. The maximum atomic E-state index is 12.0. The first kappa shape index (κ1) is 17.5. The standard InChI is InChI=1S/C19H19ClN2O3/c1-12-6-7-14(10-16(12)20)22-19(24)18(23)21-11-17-15-5-3-2-4-13(15)8-9-25-17/h2-7,10,17H,8-9,11H2,1H3,(H,21,23)(H,22,24)/t17-/m0/s1. The van der Waals surface area contributed by atoms with Crippen LogP contribution in [0, 0.1) is 6.92 Å². The van der Waals surface area contributed by atoms with Crippen LogP contribution < -0.4 is 10.6 Å². The van der Waals surface area contributed by atoms with E-state index in [1.165, 1.54) is 5.56 Å². The van der Waals surface area contributed by atoms with Crippen molar-refractivity contribution < 1.29 is 14.3 Å². The van der Waals surface area contributed by atoms with Crippen LogP contribution in [0.4, 0.5) is 5.69 Å². The lowest BCUT2D eigenvalue weighted by atomic mass is 9.97. The topological polar surface area (TPSA) is 67.4 Å². The molecule has 5 nitrogen and oxygen atoms in total. The maximum absolute atomic E-state index is 12.0. The Morgan fingerprint density at radius 2 is 2.00 bits per heavy atom. The summed E-state index contributed by atoms with van der Waals surface area (Å²) in [4.78, 5) is 24.1. The van der Waals surface area contributed by atoms with Gasteiger partial charge in [-0.25, -0.2) is 0 Å². The first-order chi connectivity index (χ1) is 12.0. The second kappa shape index (κ2) is 7.68. The van der Waals surface area contributed by atoms with Crippen molar-refractivity contribution in [1.29, 1.82) is 0 Å². The molecule has 0 unspecified atom stereocenters. The third-order valence-electron chi connectivity index (χ3n) is 4.18. The van der Waals surface area contributed by atoms with Crippen LogP contribution in [-0.2, 0) is 20.7 Å². The van der Waals surface area contributed by atoms with Crippen LogP contribution in [-0.4, -0.2) is 25.0 Å². The van der Waals surface area contributed by atoms with Crippen molar-refractivity contribution in [3.05, 3.63) is 64.2 Å². The van der Waals surface area contributed by atoms with Gasteiger partial charge in [-0.15, -0.1) is 0 Å². The first-order valence-corrected chi connectivity index (χ1v) is 8.47. The highest BCUT2D eigenvalue weighted by Gasteiger charge is 2.22. The molecule has 130 valence electrons. The number of hydrogen-bond donors (Lipinski definition) is 2. The number of anilines is 1. The lowest BCUT2D eigenvalue weighted by molar-refractivity contribution is -0.136. The van der Waals surface area contributed by atoms with Gasteiger partial charge in [-0.05, 0) is 42.2 Å². The van der Waals surface area contributed by atoms with Crippen LogP contribution in [0.1, 0.15) is 22.8 Å². The van der Waals surface area contributed by atoms with Crippen LogP contribution >= 0.6 is 11.6 Å². The summed E-state index contributed by atoms with van der Waals surface area (Å²) in [6, 6.07) is 13.1. The van der Waals surface area contributed by atoms with Crippen molar-refractivity contribution in [1.82, 2.24) is 5.32 Å². The normalized spacial score (nSPS) is 16.0. The number of rotatable bonds is 3. The lowest BCUT2D eigenvalue weighted by Crippen LogP contribution is -2.38. The Morgan fingerprint density at radius 3 is 2.80 bits per heavy atom. The van der Waals surface area contributed by atoms with Gasteiger partial charge in [0.05, 0.1) is 6.61 Å². The van der Waals surface area contributed by atoms with E-state index in [0.717, 1.165) is 17.5 Å². The van der Waals surface area contributed by atoms with E-state index >= 15 is 0 Å². The van der Waals surface area contributed by atoms with Crippen molar-refractivity contribution >= 4 is 29.1 Å². The molecule has 1 heterocycles. The van der Waals surface area contributed by atoms with Gasteiger partial charge in [0.15, 0.2) is 0 Å². The molecule has 1 atom stereocenters. The summed E-state index contributed by atoms with van der Waals surface area (Å²) in [6.45, 7) is 2.71. The van der Waals surface area contributed by atoms with Gasteiger partial charge in [0.1, 0.15) is 6.10 Å². The molecule has 6 heteroatoms. The van der Waals surface area contributed by atoms with E-state index in [2.05, 4.69) is 16.7 Å². The fourth-order valence-electron chi connectivity index (χ4n) is 2.77. The van der Waals surface area contributed by atoms with Gasteiger partial charge >= 0.3 is 11.8 Å². The molecule has 0 radical (unpaired) electrons. The number of amides is 2. The smallest absolute Gasteiger partial charge is 0.313 e. The quantitative estimate of drug-likeness (QED) is 0.829. The first-order valence-electron chi connectivity index (χ1n) is 8.09. The Balaban J connectivity index is 1.57. The van der Waals surface area contributed by atoms with Gasteiger partial charge in [0.2, 0.25) is 0 Å². The molecule has 0 saturated heterocycles. The number of ether oxygens (including phenoxy) is 1. The molecule has 0 aliphatic carbocycles. The zero-order chi connectivity index (χ0) is 17.8. The molecule has 3 rings (SSSR count). The van der Waals surface area contributed by atoms with Gasteiger partial charge in [0.25, 0.3) is 0 Å². The minimum absolute atomic E-state index is 0.240. The van der Waals surface area contributed by atoms with Crippen LogP contribution in [0.15, 0.2) is 42.5 Å². The third kappa shape index (κ3) is 4.18. The minimum Gasteiger partial charge on any atom is -0.371 e. The summed E-state index contributed by atoms with van der Waals surface area (Å²) in [5.41, 5.74) is 3.65. The summed E-state index contributed by atoms with van der Waals surface area (Å²) in [5, 5.41) is 5.70. The molecule has 0 spiro atoms. The Bertz CT molecular complexity index is 807. The molecule has 2 N–H and O–H groups in total. The molecule has 0 bridgehead atoms. The Hall–Kier alpha value is -2.37. The molecule has 2 aromatic carbocycles. The third-order valence-corrected chi connectivity index (χ3v) is 4.58. The Kier molecular flexibility index (Phi) is 5.36. The van der Waals surface area contributed by atoms with Crippen molar-refractivity contribution in [2.75, 3.05) is 18.5 Å². The van der Waals surface area contributed by atoms with E-state index in [4.69, 9.17) is 16.3 Å². The number of carbonyl (C=O) groups excluding carboxylic acids is 2. The SMILES string of the molecule is Cc1ccc(NC(=O)C(=O)NC[C@@H]2OCCc3ccccc32)cc1Cl. The van der Waals surface area contributed by atoms with E-state index in [1.807, 2.05) is 25.1 Å². The van der Waals surface area contributed by atoms with Gasteiger partial charge in [-0.3, -0.25) is 9.59 Å². The van der Waals surface area contributed by atoms with Crippen molar-refractivity contribution in [2.45, 2.75) is 19.4 Å². The van der Waals surface area contributed by atoms with E-state index in [-0.39, 0.29) is 12.6 Å². The van der Waals surface area contributed by atoms with Crippen molar-refractivity contribution in [3.8, 4) is 0 Å². The number of fused-ring (bicyclic) bond motifs is 1. The van der Waals surface area contributed by atoms with Gasteiger partial charge < -0.3 is 15.4 Å². The zero-order valence-electron chi connectivity index (χ0n) is 13.8. The molecule has 0 aromatic heterocycles.